The van der Waals surface area contributed by atoms with Crippen molar-refractivity contribution in [2.75, 3.05) is 19.8 Å². The first-order valence-electron chi connectivity index (χ1n) is 4.53. The highest BCUT2D eigenvalue weighted by atomic mass is 32.2. The molecule has 86 valence electrons. The standard InChI is InChI=1S/C9H16N2O3S/c1-7(5-10)6-11(3)9(12)8(2)15(4,13)14/h7-8H,6H2,1-4H3. The Labute approximate surface area is 90.6 Å². The van der Waals surface area contributed by atoms with E-state index >= 15 is 0 Å². The first-order valence-corrected chi connectivity index (χ1v) is 6.49. The molecule has 0 rings (SSSR count). The predicted molar refractivity (Wildman–Crippen MR) is 56.7 cm³/mol. The Bertz CT molecular complexity index is 369. The SMILES string of the molecule is CC(C#N)CN(C)C(=O)C(C)S(C)(=O)=O. The number of sulfone groups is 1. The fourth-order valence-corrected chi connectivity index (χ4v) is 1.58. The van der Waals surface area contributed by atoms with Crippen molar-refractivity contribution in [2.24, 2.45) is 5.92 Å². The van der Waals surface area contributed by atoms with Crippen molar-refractivity contribution in [3.63, 3.8) is 0 Å². The van der Waals surface area contributed by atoms with E-state index in [0.29, 0.717) is 0 Å². The molecule has 0 aromatic rings. The van der Waals surface area contributed by atoms with Crippen molar-refractivity contribution < 1.29 is 13.2 Å². The molecular weight excluding hydrogens is 216 g/mol. The second-order valence-electron chi connectivity index (χ2n) is 3.72. The molecule has 0 radical (unpaired) electrons. The first kappa shape index (κ1) is 13.9. The zero-order chi connectivity index (χ0) is 12.2. The van der Waals surface area contributed by atoms with Gasteiger partial charge in [-0.2, -0.15) is 5.26 Å². The zero-order valence-corrected chi connectivity index (χ0v) is 10.2. The second kappa shape index (κ2) is 5.12. The van der Waals surface area contributed by atoms with E-state index in [4.69, 9.17) is 5.26 Å². The zero-order valence-electron chi connectivity index (χ0n) is 9.39. The molecule has 0 aliphatic carbocycles. The predicted octanol–water partition coefficient (Wildman–Crippen LogP) is 0.0376. The van der Waals surface area contributed by atoms with Crippen molar-refractivity contribution >= 4 is 15.7 Å². The Hall–Kier alpha value is -1.09. The van der Waals surface area contributed by atoms with E-state index in [9.17, 15) is 13.2 Å². The van der Waals surface area contributed by atoms with Crippen LogP contribution in [0.3, 0.4) is 0 Å². The minimum atomic E-state index is -3.36. The molecule has 6 heteroatoms. The summed E-state index contributed by atoms with van der Waals surface area (Å²) in [6, 6.07) is 1.99. The van der Waals surface area contributed by atoms with E-state index in [0.717, 1.165) is 6.26 Å². The minimum absolute atomic E-state index is 0.245. The van der Waals surface area contributed by atoms with Gasteiger partial charge in [-0.15, -0.1) is 0 Å². The molecule has 0 fully saturated rings. The lowest BCUT2D eigenvalue weighted by Crippen LogP contribution is -2.40. The third-order valence-corrected chi connectivity index (χ3v) is 3.62. The molecule has 2 atom stereocenters. The molecular formula is C9H16N2O3S. The largest absolute Gasteiger partial charge is 0.343 e. The number of nitrogens with zero attached hydrogens (tertiary/aromatic N) is 2. The van der Waals surface area contributed by atoms with Crippen LogP contribution in [-0.4, -0.2) is 44.3 Å². The first-order chi connectivity index (χ1) is 6.70. The van der Waals surface area contributed by atoms with Crippen LogP contribution in [0.4, 0.5) is 0 Å². The second-order valence-corrected chi connectivity index (χ2v) is 6.09. The summed E-state index contributed by atoms with van der Waals surface area (Å²) in [5.41, 5.74) is 0. The number of carbonyl (C=O) groups excluding carboxylic acids is 1. The van der Waals surface area contributed by atoms with Gasteiger partial charge in [0.05, 0.1) is 12.0 Å². The maximum absolute atomic E-state index is 11.6. The van der Waals surface area contributed by atoms with Crippen LogP contribution in [-0.2, 0) is 14.6 Å². The summed E-state index contributed by atoms with van der Waals surface area (Å²) in [5.74, 6) is -0.773. The molecule has 2 unspecified atom stereocenters. The van der Waals surface area contributed by atoms with Gasteiger partial charge >= 0.3 is 0 Å². The van der Waals surface area contributed by atoms with Gasteiger partial charge in [-0.05, 0) is 13.8 Å². The lowest BCUT2D eigenvalue weighted by molar-refractivity contribution is -0.129. The summed E-state index contributed by atoms with van der Waals surface area (Å²) < 4.78 is 22.2. The lowest BCUT2D eigenvalue weighted by Gasteiger charge is -2.21. The Balaban J connectivity index is 4.55. The van der Waals surface area contributed by atoms with Gasteiger partial charge in [-0.1, -0.05) is 0 Å². The Morgan fingerprint density at radius 3 is 2.27 bits per heavy atom. The Morgan fingerprint density at radius 2 is 1.93 bits per heavy atom. The summed E-state index contributed by atoms with van der Waals surface area (Å²) in [6.45, 7) is 3.27. The molecule has 0 spiro atoms. The van der Waals surface area contributed by atoms with Crippen molar-refractivity contribution in [1.82, 2.24) is 4.90 Å². The maximum Gasteiger partial charge on any atom is 0.240 e. The fourth-order valence-electron chi connectivity index (χ4n) is 1.04. The van der Waals surface area contributed by atoms with Gasteiger partial charge in [0.1, 0.15) is 5.25 Å². The van der Waals surface area contributed by atoms with Crippen LogP contribution in [0, 0.1) is 17.2 Å². The molecule has 0 heterocycles. The number of amides is 1. The molecule has 0 aromatic heterocycles. The molecule has 0 aromatic carbocycles. The highest BCUT2D eigenvalue weighted by Crippen LogP contribution is 2.05. The van der Waals surface area contributed by atoms with E-state index in [2.05, 4.69) is 0 Å². The number of hydrogen-bond donors (Lipinski definition) is 0. The van der Waals surface area contributed by atoms with E-state index in [1.54, 1.807) is 6.92 Å². The van der Waals surface area contributed by atoms with Crippen LogP contribution < -0.4 is 0 Å². The molecule has 1 amide bonds. The summed E-state index contributed by atoms with van der Waals surface area (Å²) in [7, 11) is -1.87. The highest BCUT2D eigenvalue weighted by Gasteiger charge is 2.26. The monoisotopic (exact) mass is 232 g/mol. The van der Waals surface area contributed by atoms with Gasteiger partial charge in [0.2, 0.25) is 5.91 Å². The fraction of sp³-hybridized carbons (Fsp3) is 0.778. The molecule has 0 aliphatic heterocycles. The van der Waals surface area contributed by atoms with Gasteiger partial charge in [-0.3, -0.25) is 4.79 Å². The van der Waals surface area contributed by atoms with Crippen molar-refractivity contribution in [2.45, 2.75) is 19.1 Å². The van der Waals surface area contributed by atoms with Gasteiger partial charge < -0.3 is 4.90 Å². The lowest BCUT2D eigenvalue weighted by atomic mass is 10.2. The molecule has 15 heavy (non-hydrogen) atoms. The molecule has 0 aliphatic rings. The van der Waals surface area contributed by atoms with Gasteiger partial charge in [0.15, 0.2) is 9.84 Å². The van der Waals surface area contributed by atoms with Gasteiger partial charge in [0.25, 0.3) is 0 Å². The summed E-state index contributed by atoms with van der Waals surface area (Å²) in [5, 5.41) is 7.51. The van der Waals surface area contributed by atoms with E-state index in [1.165, 1.54) is 18.9 Å². The summed E-state index contributed by atoms with van der Waals surface area (Å²) in [6.07, 6.45) is 1.02. The van der Waals surface area contributed by atoms with E-state index in [1.807, 2.05) is 6.07 Å². The number of nitriles is 1. The Morgan fingerprint density at radius 1 is 1.47 bits per heavy atom. The molecule has 0 saturated heterocycles. The number of rotatable bonds is 4. The quantitative estimate of drug-likeness (QED) is 0.685. The van der Waals surface area contributed by atoms with Gasteiger partial charge in [0, 0.05) is 19.8 Å². The van der Waals surface area contributed by atoms with E-state index < -0.39 is 21.0 Å². The third kappa shape index (κ3) is 4.30. The van der Waals surface area contributed by atoms with Crippen molar-refractivity contribution in [3.8, 4) is 6.07 Å². The average Bonchev–Trinajstić information content (AvgIpc) is 2.13. The topological polar surface area (TPSA) is 78.2 Å². The minimum Gasteiger partial charge on any atom is -0.343 e. The average molecular weight is 232 g/mol. The molecule has 0 saturated carbocycles. The summed E-state index contributed by atoms with van der Waals surface area (Å²) in [4.78, 5) is 12.9. The normalized spacial score (nSPS) is 15.1. The smallest absolute Gasteiger partial charge is 0.240 e. The number of carbonyl (C=O) groups is 1. The van der Waals surface area contributed by atoms with Crippen molar-refractivity contribution in [1.29, 1.82) is 5.26 Å². The van der Waals surface area contributed by atoms with Crippen LogP contribution in [0.15, 0.2) is 0 Å². The third-order valence-electron chi connectivity index (χ3n) is 2.13. The van der Waals surface area contributed by atoms with E-state index in [-0.39, 0.29) is 12.5 Å². The summed E-state index contributed by atoms with van der Waals surface area (Å²) >= 11 is 0. The molecule has 0 bridgehead atoms. The van der Waals surface area contributed by atoms with Crippen LogP contribution in [0.1, 0.15) is 13.8 Å². The highest BCUT2D eigenvalue weighted by molar-refractivity contribution is 7.92. The molecule has 0 N–H and O–H groups in total. The van der Waals surface area contributed by atoms with Crippen LogP contribution in [0.25, 0.3) is 0 Å². The molecule has 5 nitrogen and oxygen atoms in total. The van der Waals surface area contributed by atoms with Crippen LogP contribution in [0.5, 0.6) is 0 Å². The van der Waals surface area contributed by atoms with Gasteiger partial charge in [-0.25, -0.2) is 8.42 Å². The van der Waals surface area contributed by atoms with Crippen LogP contribution in [0.2, 0.25) is 0 Å². The maximum atomic E-state index is 11.6. The van der Waals surface area contributed by atoms with Crippen LogP contribution >= 0.6 is 0 Å². The van der Waals surface area contributed by atoms with Crippen molar-refractivity contribution in [3.05, 3.63) is 0 Å². The number of hydrogen-bond acceptors (Lipinski definition) is 4. The Kier molecular flexibility index (Phi) is 4.75.